The molecule has 0 aromatic heterocycles. The Morgan fingerprint density at radius 3 is 2.22 bits per heavy atom. The maximum atomic E-state index is 11.5. The number of esters is 1. The lowest BCUT2D eigenvalue weighted by Crippen LogP contribution is -2.18. The number of aromatic carboxylic acids is 1. The molecule has 1 aromatic carbocycles. The topological polar surface area (TPSA) is 104 Å². The van der Waals surface area contributed by atoms with Crippen molar-refractivity contribution in [2.24, 2.45) is 0 Å². The molecule has 1 aromatic rings. The van der Waals surface area contributed by atoms with Crippen molar-refractivity contribution in [1.82, 2.24) is 0 Å². The van der Waals surface area contributed by atoms with Crippen LogP contribution in [0.15, 0.2) is 24.3 Å². The molecule has 0 bridgehead atoms. The van der Waals surface area contributed by atoms with E-state index in [1.54, 1.807) is 0 Å². The second-order valence-corrected chi connectivity index (χ2v) is 3.61. The molecule has 0 aliphatic heterocycles. The van der Waals surface area contributed by atoms with Crippen molar-refractivity contribution in [3.8, 4) is 0 Å². The lowest BCUT2D eigenvalue weighted by atomic mass is 10.1. The molecule has 3 N–H and O–H groups in total. The van der Waals surface area contributed by atoms with Crippen molar-refractivity contribution in [3.63, 3.8) is 0 Å². The molecule has 98 valence electrons. The molecule has 18 heavy (non-hydrogen) atoms. The van der Waals surface area contributed by atoms with E-state index in [9.17, 15) is 14.7 Å². The van der Waals surface area contributed by atoms with Crippen LogP contribution < -0.4 is 0 Å². The number of hydrogen-bond donors (Lipinski definition) is 3. The standard InChI is InChI=1S/C12H14O6/c13-7-1-2-10(14)18-12(17)9-5-3-8(4-6-9)11(15)16/h3-6,10,13-14H,1-2,7H2,(H,15,16). The third-order valence-corrected chi connectivity index (χ3v) is 2.22. The van der Waals surface area contributed by atoms with Gasteiger partial charge in [-0.1, -0.05) is 0 Å². The molecule has 0 saturated carbocycles. The number of ether oxygens (including phenoxy) is 1. The number of aliphatic hydroxyl groups is 2. The minimum Gasteiger partial charge on any atom is -0.478 e. The van der Waals surface area contributed by atoms with Gasteiger partial charge in [-0.25, -0.2) is 9.59 Å². The van der Waals surface area contributed by atoms with Crippen molar-refractivity contribution in [2.75, 3.05) is 6.61 Å². The molecular weight excluding hydrogens is 240 g/mol. The van der Waals surface area contributed by atoms with Crippen LogP contribution in [0.4, 0.5) is 0 Å². The zero-order valence-electron chi connectivity index (χ0n) is 9.57. The van der Waals surface area contributed by atoms with Gasteiger partial charge < -0.3 is 20.1 Å². The smallest absolute Gasteiger partial charge is 0.340 e. The van der Waals surface area contributed by atoms with Crippen LogP contribution in [0.25, 0.3) is 0 Å². The van der Waals surface area contributed by atoms with Crippen LogP contribution in [-0.2, 0) is 4.74 Å². The molecule has 1 unspecified atom stereocenters. The van der Waals surface area contributed by atoms with E-state index < -0.39 is 18.2 Å². The van der Waals surface area contributed by atoms with Crippen LogP contribution in [0.2, 0.25) is 0 Å². The van der Waals surface area contributed by atoms with Gasteiger partial charge in [0.15, 0.2) is 0 Å². The fourth-order valence-electron chi connectivity index (χ4n) is 1.27. The SMILES string of the molecule is O=C(O)c1ccc(C(=O)OC(O)CCCO)cc1. The van der Waals surface area contributed by atoms with Gasteiger partial charge in [0.1, 0.15) is 0 Å². The molecule has 0 fully saturated rings. The van der Waals surface area contributed by atoms with Crippen LogP contribution in [0.1, 0.15) is 33.6 Å². The zero-order chi connectivity index (χ0) is 13.5. The highest BCUT2D eigenvalue weighted by Crippen LogP contribution is 2.08. The number of aliphatic hydroxyl groups excluding tert-OH is 2. The first-order valence-corrected chi connectivity index (χ1v) is 5.38. The molecule has 0 heterocycles. The fourth-order valence-corrected chi connectivity index (χ4v) is 1.27. The number of carbonyl (C=O) groups is 2. The monoisotopic (exact) mass is 254 g/mol. The summed E-state index contributed by atoms with van der Waals surface area (Å²) in [7, 11) is 0. The van der Waals surface area contributed by atoms with Gasteiger partial charge >= 0.3 is 11.9 Å². The number of benzene rings is 1. The quantitative estimate of drug-likeness (QED) is 0.508. The predicted octanol–water partition coefficient (Wildman–Crippen LogP) is 0.633. The molecule has 0 amide bonds. The Hall–Kier alpha value is -1.92. The summed E-state index contributed by atoms with van der Waals surface area (Å²) in [6.45, 7) is -0.0953. The molecule has 1 atom stereocenters. The van der Waals surface area contributed by atoms with Crippen LogP contribution in [-0.4, -0.2) is 40.2 Å². The van der Waals surface area contributed by atoms with Crippen LogP contribution in [0.5, 0.6) is 0 Å². The Morgan fingerprint density at radius 1 is 1.17 bits per heavy atom. The largest absolute Gasteiger partial charge is 0.478 e. The average molecular weight is 254 g/mol. The Bertz CT molecular complexity index is 411. The summed E-state index contributed by atoms with van der Waals surface area (Å²) in [6.07, 6.45) is -0.800. The molecule has 6 nitrogen and oxygen atoms in total. The van der Waals surface area contributed by atoms with Gasteiger partial charge in [-0.15, -0.1) is 0 Å². The summed E-state index contributed by atoms with van der Waals surface area (Å²) in [4.78, 5) is 22.1. The van der Waals surface area contributed by atoms with Crippen LogP contribution >= 0.6 is 0 Å². The molecule has 1 rings (SSSR count). The van der Waals surface area contributed by atoms with E-state index in [-0.39, 0.29) is 24.2 Å². The summed E-state index contributed by atoms with van der Waals surface area (Å²) in [5.41, 5.74) is 0.218. The maximum absolute atomic E-state index is 11.5. The normalized spacial score (nSPS) is 11.9. The van der Waals surface area contributed by atoms with Gasteiger partial charge in [-0.05, 0) is 30.7 Å². The third kappa shape index (κ3) is 4.15. The van der Waals surface area contributed by atoms with E-state index in [0.717, 1.165) is 0 Å². The highest BCUT2D eigenvalue weighted by Gasteiger charge is 2.13. The van der Waals surface area contributed by atoms with Gasteiger partial charge in [-0.3, -0.25) is 0 Å². The summed E-state index contributed by atoms with van der Waals surface area (Å²) in [5.74, 6) is -1.82. The summed E-state index contributed by atoms with van der Waals surface area (Å²) in [5, 5.41) is 26.5. The first kappa shape index (κ1) is 14.1. The van der Waals surface area contributed by atoms with E-state index in [1.165, 1.54) is 24.3 Å². The number of carboxylic acids is 1. The summed E-state index contributed by atoms with van der Waals surface area (Å²) >= 11 is 0. The van der Waals surface area contributed by atoms with E-state index in [4.69, 9.17) is 14.9 Å². The van der Waals surface area contributed by atoms with Gasteiger partial charge in [0.25, 0.3) is 0 Å². The molecule has 6 heteroatoms. The summed E-state index contributed by atoms with van der Waals surface area (Å²) in [6, 6.07) is 5.17. The van der Waals surface area contributed by atoms with Crippen molar-refractivity contribution in [3.05, 3.63) is 35.4 Å². The number of carbonyl (C=O) groups excluding carboxylic acids is 1. The molecule has 0 radical (unpaired) electrons. The highest BCUT2D eigenvalue weighted by molar-refractivity contribution is 5.92. The van der Waals surface area contributed by atoms with Crippen molar-refractivity contribution < 1.29 is 29.6 Å². The van der Waals surface area contributed by atoms with E-state index in [1.807, 2.05) is 0 Å². The predicted molar refractivity (Wildman–Crippen MR) is 61.1 cm³/mol. The minimum atomic E-state index is -1.27. The second kappa shape index (κ2) is 6.73. The van der Waals surface area contributed by atoms with E-state index in [2.05, 4.69) is 0 Å². The molecule has 0 spiro atoms. The maximum Gasteiger partial charge on any atom is 0.340 e. The first-order valence-electron chi connectivity index (χ1n) is 5.38. The zero-order valence-corrected chi connectivity index (χ0v) is 9.57. The summed E-state index contributed by atoms with van der Waals surface area (Å²) < 4.78 is 4.70. The van der Waals surface area contributed by atoms with Crippen LogP contribution in [0.3, 0.4) is 0 Å². The minimum absolute atomic E-state index is 0.0624. The molecule has 0 aliphatic rings. The van der Waals surface area contributed by atoms with E-state index in [0.29, 0.717) is 6.42 Å². The Balaban J connectivity index is 2.58. The molecule has 0 saturated heterocycles. The van der Waals surface area contributed by atoms with Gasteiger partial charge in [0.2, 0.25) is 6.29 Å². The van der Waals surface area contributed by atoms with Crippen molar-refractivity contribution in [1.29, 1.82) is 0 Å². The van der Waals surface area contributed by atoms with Crippen LogP contribution in [0, 0.1) is 0 Å². The van der Waals surface area contributed by atoms with Gasteiger partial charge in [0.05, 0.1) is 11.1 Å². The Morgan fingerprint density at radius 2 is 1.72 bits per heavy atom. The van der Waals surface area contributed by atoms with Gasteiger partial charge in [0, 0.05) is 13.0 Å². The number of carboxylic acid groups (broad SMARTS) is 1. The molecule has 0 aliphatic carbocycles. The Labute approximate surface area is 103 Å². The average Bonchev–Trinajstić information content (AvgIpc) is 2.36. The lowest BCUT2D eigenvalue weighted by molar-refractivity contribution is -0.0707. The molecular formula is C12H14O6. The van der Waals surface area contributed by atoms with Gasteiger partial charge in [-0.2, -0.15) is 0 Å². The second-order valence-electron chi connectivity index (χ2n) is 3.61. The lowest BCUT2D eigenvalue weighted by Gasteiger charge is -2.11. The first-order chi connectivity index (χ1) is 8.54. The van der Waals surface area contributed by atoms with E-state index >= 15 is 0 Å². The fraction of sp³-hybridized carbons (Fsp3) is 0.333. The number of hydrogen-bond acceptors (Lipinski definition) is 5. The third-order valence-electron chi connectivity index (χ3n) is 2.22. The number of rotatable bonds is 6. The van der Waals surface area contributed by atoms with Crippen molar-refractivity contribution in [2.45, 2.75) is 19.1 Å². The van der Waals surface area contributed by atoms with Crippen molar-refractivity contribution >= 4 is 11.9 Å². The Kier molecular flexibility index (Phi) is 5.29. The highest BCUT2D eigenvalue weighted by atomic mass is 16.6.